The van der Waals surface area contributed by atoms with Crippen molar-refractivity contribution < 1.29 is 14.3 Å². The fourth-order valence-corrected chi connectivity index (χ4v) is 3.61. The van der Waals surface area contributed by atoms with Crippen molar-refractivity contribution in [3.63, 3.8) is 0 Å². The summed E-state index contributed by atoms with van der Waals surface area (Å²) >= 11 is 0. The second-order valence-electron chi connectivity index (χ2n) is 5.03. The Morgan fingerprint density at radius 2 is 2.12 bits per heavy atom. The van der Waals surface area contributed by atoms with Crippen molar-refractivity contribution in [3.05, 3.63) is 35.4 Å². The highest BCUT2D eigenvalue weighted by atomic mass is 16.5. The van der Waals surface area contributed by atoms with Gasteiger partial charge in [-0.15, -0.1) is 0 Å². The van der Waals surface area contributed by atoms with Crippen LogP contribution in [0.15, 0.2) is 24.3 Å². The normalized spacial score (nSPS) is 39.7. The predicted octanol–water partition coefficient (Wildman–Crippen LogP) is 2.03. The first-order valence-electron chi connectivity index (χ1n) is 6.24. The largest absolute Gasteiger partial charge is 0.466 e. The average molecular weight is 230 g/mol. The zero-order valence-corrected chi connectivity index (χ0v) is 9.63. The second kappa shape index (κ2) is 3.10. The minimum absolute atomic E-state index is 0.0646. The van der Waals surface area contributed by atoms with Gasteiger partial charge in [0.1, 0.15) is 0 Å². The van der Waals surface area contributed by atoms with Crippen LogP contribution in [0, 0.1) is 11.8 Å². The lowest BCUT2D eigenvalue weighted by Gasteiger charge is -2.30. The molecular weight excluding hydrogens is 216 g/mol. The predicted molar refractivity (Wildman–Crippen MR) is 60.4 cm³/mol. The lowest BCUT2D eigenvalue weighted by atomic mass is 9.81. The zero-order chi connectivity index (χ0) is 11.6. The summed E-state index contributed by atoms with van der Waals surface area (Å²) in [4.78, 5) is 12.0. The van der Waals surface area contributed by atoms with Gasteiger partial charge < -0.3 is 9.47 Å². The Labute approximate surface area is 99.7 Å². The van der Waals surface area contributed by atoms with Crippen LogP contribution in [0.3, 0.4) is 0 Å². The van der Waals surface area contributed by atoms with Gasteiger partial charge in [0.05, 0.1) is 24.7 Å². The molecule has 1 saturated carbocycles. The Hall–Kier alpha value is -1.35. The Balaban J connectivity index is 1.75. The summed E-state index contributed by atoms with van der Waals surface area (Å²) in [6.45, 7) is 2.30. The molecule has 0 unspecified atom stereocenters. The third-order valence-electron chi connectivity index (χ3n) is 4.27. The summed E-state index contributed by atoms with van der Waals surface area (Å²) in [5.41, 5.74) is 2.58. The van der Waals surface area contributed by atoms with Crippen molar-refractivity contribution in [2.45, 2.75) is 25.0 Å². The highest BCUT2D eigenvalue weighted by Gasteiger charge is 2.70. The van der Waals surface area contributed by atoms with Crippen molar-refractivity contribution in [2.75, 3.05) is 6.61 Å². The minimum Gasteiger partial charge on any atom is -0.466 e. The Morgan fingerprint density at radius 1 is 1.35 bits per heavy atom. The van der Waals surface area contributed by atoms with Crippen LogP contribution in [-0.2, 0) is 14.3 Å². The van der Waals surface area contributed by atoms with Crippen LogP contribution in [-0.4, -0.2) is 18.7 Å². The van der Waals surface area contributed by atoms with Gasteiger partial charge in [0.15, 0.2) is 0 Å². The number of benzene rings is 1. The molecule has 5 atom stereocenters. The first kappa shape index (κ1) is 9.66. The topological polar surface area (TPSA) is 35.5 Å². The molecule has 1 aromatic carbocycles. The van der Waals surface area contributed by atoms with Crippen LogP contribution < -0.4 is 0 Å². The molecule has 1 saturated heterocycles. The molecule has 3 heteroatoms. The van der Waals surface area contributed by atoms with Crippen LogP contribution in [0.1, 0.15) is 30.1 Å². The van der Waals surface area contributed by atoms with E-state index in [0.29, 0.717) is 18.4 Å². The number of esters is 1. The summed E-state index contributed by atoms with van der Waals surface area (Å²) in [7, 11) is 0. The van der Waals surface area contributed by atoms with E-state index in [1.807, 2.05) is 13.0 Å². The third kappa shape index (κ3) is 1.08. The van der Waals surface area contributed by atoms with E-state index in [4.69, 9.17) is 9.47 Å². The average Bonchev–Trinajstić information content (AvgIpc) is 2.96. The lowest BCUT2D eigenvalue weighted by molar-refractivity contribution is -0.152. The fourth-order valence-electron chi connectivity index (χ4n) is 3.61. The molecule has 5 rings (SSSR count). The molecule has 0 spiro atoms. The van der Waals surface area contributed by atoms with Gasteiger partial charge in [-0.25, -0.2) is 0 Å². The second-order valence-corrected chi connectivity index (χ2v) is 5.03. The molecule has 4 aliphatic rings. The van der Waals surface area contributed by atoms with E-state index in [0.717, 1.165) is 0 Å². The highest BCUT2D eigenvalue weighted by Crippen LogP contribution is 2.69. The first-order chi connectivity index (χ1) is 8.33. The quantitative estimate of drug-likeness (QED) is 0.729. The molecule has 0 aromatic heterocycles. The number of hydrogen-bond acceptors (Lipinski definition) is 3. The third-order valence-corrected chi connectivity index (χ3v) is 4.27. The number of rotatable bonds is 2. The van der Waals surface area contributed by atoms with Crippen LogP contribution in [0.25, 0.3) is 0 Å². The molecule has 2 heterocycles. The smallest absolute Gasteiger partial charge is 0.312 e. The summed E-state index contributed by atoms with van der Waals surface area (Å²) in [5.74, 6) is 0.654. The number of carbonyl (C=O) groups is 1. The van der Waals surface area contributed by atoms with E-state index in [-0.39, 0.29) is 24.1 Å². The molecular formula is C14H14O3. The highest BCUT2D eigenvalue weighted by molar-refractivity contribution is 5.77. The van der Waals surface area contributed by atoms with Crippen LogP contribution >= 0.6 is 0 Å². The van der Waals surface area contributed by atoms with Crippen molar-refractivity contribution >= 4 is 5.97 Å². The molecule has 4 bridgehead atoms. The summed E-state index contributed by atoms with van der Waals surface area (Å²) in [6, 6.07) is 8.33. The molecule has 3 nitrogen and oxygen atoms in total. The number of ether oxygens (including phenoxy) is 2. The van der Waals surface area contributed by atoms with Gasteiger partial charge in [-0.3, -0.25) is 4.79 Å². The van der Waals surface area contributed by atoms with E-state index in [1.165, 1.54) is 11.1 Å². The Kier molecular flexibility index (Phi) is 1.76. The summed E-state index contributed by atoms with van der Waals surface area (Å²) in [6.07, 6.45) is 0.203. The minimum atomic E-state index is -0.0815. The van der Waals surface area contributed by atoms with E-state index in [9.17, 15) is 4.79 Å². The molecule has 2 aliphatic heterocycles. The van der Waals surface area contributed by atoms with Gasteiger partial charge in [0, 0.05) is 11.8 Å². The molecule has 2 aliphatic carbocycles. The van der Waals surface area contributed by atoms with Gasteiger partial charge in [-0.2, -0.15) is 0 Å². The SMILES string of the molecule is CCOC(=O)[C@H]1[C@@H]2[C@@H]3O[C@H]1c1ccccc1[C@@H]32. The van der Waals surface area contributed by atoms with Gasteiger partial charge in [-0.1, -0.05) is 24.3 Å². The molecule has 0 amide bonds. The molecule has 88 valence electrons. The zero-order valence-electron chi connectivity index (χ0n) is 9.63. The fraction of sp³-hybridized carbons (Fsp3) is 0.500. The maximum absolute atomic E-state index is 12.0. The first-order valence-corrected chi connectivity index (χ1v) is 6.24. The maximum Gasteiger partial charge on any atom is 0.312 e. The number of hydrogen-bond donors (Lipinski definition) is 0. The summed E-state index contributed by atoms with van der Waals surface area (Å²) in [5, 5.41) is 0. The molecule has 0 radical (unpaired) electrons. The Morgan fingerprint density at radius 3 is 2.88 bits per heavy atom. The van der Waals surface area contributed by atoms with Crippen LogP contribution in [0.5, 0.6) is 0 Å². The van der Waals surface area contributed by atoms with Crippen molar-refractivity contribution in [1.82, 2.24) is 0 Å². The maximum atomic E-state index is 12.0. The molecule has 17 heavy (non-hydrogen) atoms. The lowest BCUT2D eigenvalue weighted by Crippen LogP contribution is -2.29. The van der Waals surface area contributed by atoms with Crippen LogP contribution in [0.4, 0.5) is 0 Å². The van der Waals surface area contributed by atoms with Crippen molar-refractivity contribution in [3.8, 4) is 0 Å². The van der Waals surface area contributed by atoms with Crippen molar-refractivity contribution in [2.24, 2.45) is 11.8 Å². The van der Waals surface area contributed by atoms with Gasteiger partial charge >= 0.3 is 5.97 Å². The van der Waals surface area contributed by atoms with Gasteiger partial charge in [0.2, 0.25) is 0 Å². The molecule has 1 aromatic rings. The Bertz CT molecular complexity index is 496. The molecule has 2 fully saturated rings. The van der Waals surface area contributed by atoms with Gasteiger partial charge in [-0.05, 0) is 18.1 Å². The van der Waals surface area contributed by atoms with E-state index >= 15 is 0 Å². The van der Waals surface area contributed by atoms with E-state index in [1.54, 1.807) is 0 Å². The number of carbonyl (C=O) groups excluding carboxylic acids is 1. The van der Waals surface area contributed by atoms with E-state index < -0.39 is 0 Å². The van der Waals surface area contributed by atoms with Crippen LogP contribution in [0.2, 0.25) is 0 Å². The van der Waals surface area contributed by atoms with Crippen molar-refractivity contribution in [1.29, 1.82) is 0 Å². The summed E-state index contributed by atoms with van der Waals surface area (Å²) < 4.78 is 11.1. The van der Waals surface area contributed by atoms with Gasteiger partial charge in [0.25, 0.3) is 0 Å². The molecule has 0 N–H and O–H groups in total. The van der Waals surface area contributed by atoms with E-state index in [2.05, 4.69) is 18.2 Å². The standard InChI is InChI=1S/C14H14O3/c1-2-16-14(15)11-10-9-7-5-3-4-6-8(7)12(11)17-13(9)10/h3-6,9-13H,2H2,1H3/t9-,10-,11+,12+,13-/m1/s1. The monoisotopic (exact) mass is 230 g/mol.